The number of ether oxygens (including phenoxy) is 3. The van der Waals surface area contributed by atoms with Gasteiger partial charge in [0, 0.05) is 11.8 Å². The molecule has 0 aliphatic rings. The third-order valence-electron chi connectivity index (χ3n) is 3.26. The molecule has 2 aromatic carbocycles. The summed E-state index contributed by atoms with van der Waals surface area (Å²) in [7, 11) is 1.20. The molecule has 0 aromatic heterocycles. The lowest BCUT2D eigenvalue weighted by Crippen LogP contribution is -2.01. The van der Waals surface area contributed by atoms with Gasteiger partial charge < -0.3 is 14.2 Å². The number of benzene rings is 2. The lowest BCUT2D eigenvalue weighted by atomic mass is 10.0. The van der Waals surface area contributed by atoms with E-state index >= 15 is 0 Å². The fourth-order valence-corrected chi connectivity index (χ4v) is 3.18. The van der Waals surface area contributed by atoms with Gasteiger partial charge in [-0.3, -0.25) is 0 Å². The highest BCUT2D eigenvalue weighted by atomic mass is 32.2. The van der Waals surface area contributed by atoms with E-state index in [4.69, 9.17) is 14.2 Å². The summed E-state index contributed by atoms with van der Waals surface area (Å²) in [6, 6.07) is 10.3. The van der Waals surface area contributed by atoms with Crippen LogP contribution in [0.4, 0.5) is 0 Å². The number of methoxy groups -OCH3 is 3. The Hall–Kier alpha value is -2.21. The average Bonchev–Trinajstić information content (AvgIpc) is 2.52. The largest absolute Gasteiger partial charge is 0.493 e. The Morgan fingerprint density at radius 3 is 1.86 bits per heavy atom. The Balaban J connectivity index is 2.74. The van der Waals surface area contributed by atoms with E-state index in [0.29, 0.717) is 28.4 Å². The Labute approximate surface area is 130 Å². The van der Waals surface area contributed by atoms with Crippen LogP contribution in [-0.2, 0) is 9.84 Å². The molecule has 0 aliphatic heterocycles. The standard InChI is InChI=1S/C16H18O5S/c1-19-13-9-11(10-14(20-2)16(13)21-3)12-7-5-6-8-15(12)22(4,17)18/h5-10H,1-4H3. The van der Waals surface area contributed by atoms with Gasteiger partial charge in [0.05, 0.1) is 26.2 Å². The van der Waals surface area contributed by atoms with Crippen LogP contribution in [-0.4, -0.2) is 36.0 Å². The number of hydrogen-bond acceptors (Lipinski definition) is 5. The molecule has 0 atom stereocenters. The smallest absolute Gasteiger partial charge is 0.203 e. The topological polar surface area (TPSA) is 61.8 Å². The van der Waals surface area contributed by atoms with E-state index in [-0.39, 0.29) is 4.90 Å². The predicted molar refractivity (Wildman–Crippen MR) is 84.6 cm³/mol. The highest BCUT2D eigenvalue weighted by Gasteiger charge is 2.18. The van der Waals surface area contributed by atoms with Crippen molar-refractivity contribution in [3.63, 3.8) is 0 Å². The molecule has 0 amide bonds. The molecule has 2 aromatic rings. The summed E-state index contributed by atoms with van der Waals surface area (Å²) in [6.07, 6.45) is 1.18. The normalized spacial score (nSPS) is 11.1. The summed E-state index contributed by atoms with van der Waals surface area (Å²) < 4.78 is 39.8. The van der Waals surface area contributed by atoms with Gasteiger partial charge in [0.2, 0.25) is 5.75 Å². The van der Waals surface area contributed by atoms with Crippen molar-refractivity contribution in [2.75, 3.05) is 27.6 Å². The van der Waals surface area contributed by atoms with Gasteiger partial charge >= 0.3 is 0 Å². The maximum Gasteiger partial charge on any atom is 0.203 e. The molecule has 5 nitrogen and oxygen atoms in total. The molecule has 0 fully saturated rings. The lowest BCUT2D eigenvalue weighted by molar-refractivity contribution is 0.324. The first-order chi connectivity index (χ1) is 10.4. The fourth-order valence-electron chi connectivity index (χ4n) is 2.27. The molecule has 0 N–H and O–H groups in total. The molecule has 2 rings (SSSR count). The second-order valence-corrected chi connectivity index (χ2v) is 6.67. The minimum absolute atomic E-state index is 0.254. The van der Waals surface area contributed by atoms with Gasteiger partial charge in [-0.15, -0.1) is 0 Å². The van der Waals surface area contributed by atoms with Gasteiger partial charge in [0.15, 0.2) is 21.3 Å². The maximum atomic E-state index is 12.0. The quantitative estimate of drug-likeness (QED) is 0.847. The van der Waals surface area contributed by atoms with E-state index in [2.05, 4.69) is 0 Å². The van der Waals surface area contributed by atoms with Crippen molar-refractivity contribution in [2.24, 2.45) is 0 Å². The molecule has 0 bridgehead atoms. The maximum absolute atomic E-state index is 12.0. The van der Waals surface area contributed by atoms with Gasteiger partial charge in [-0.25, -0.2) is 8.42 Å². The van der Waals surface area contributed by atoms with Gasteiger partial charge in [0.1, 0.15) is 0 Å². The van der Waals surface area contributed by atoms with Crippen molar-refractivity contribution in [3.05, 3.63) is 36.4 Å². The van der Waals surface area contributed by atoms with Crippen LogP contribution in [0.1, 0.15) is 0 Å². The summed E-state index contributed by atoms with van der Waals surface area (Å²) in [5.41, 5.74) is 1.26. The molecule has 6 heteroatoms. The fraction of sp³-hybridized carbons (Fsp3) is 0.250. The minimum Gasteiger partial charge on any atom is -0.493 e. The first-order valence-corrected chi connectivity index (χ1v) is 8.41. The van der Waals surface area contributed by atoms with Crippen molar-refractivity contribution >= 4 is 9.84 Å². The zero-order chi connectivity index (χ0) is 16.3. The predicted octanol–water partition coefficient (Wildman–Crippen LogP) is 2.78. The van der Waals surface area contributed by atoms with Gasteiger partial charge in [-0.2, -0.15) is 0 Å². The molecule has 0 saturated carbocycles. The van der Waals surface area contributed by atoms with Crippen LogP contribution in [0, 0.1) is 0 Å². The molecule has 0 heterocycles. The summed E-state index contributed by atoms with van der Waals surface area (Å²) in [4.78, 5) is 0.254. The van der Waals surface area contributed by atoms with E-state index in [1.54, 1.807) is 36.4 Å². The average molecular weight is 322 g/mol. The van der Waals surface area contributed by atoms with Crippen molar-refractivity contribution in [2.45, 2.75) is 4.90 Å². The van der Waals surface area contributed by atoms with Crippen LogP contribution in [0.5, 0.6) is 17.2 Å². The molecule has 0 aliphatic carbocycles. The van der Waals surface area contributed by atoms with Crippen LogP contribution in [0.25, 0.3) is 11.1 Å². The Morgan fingerprint density at radius 1 is 0.864 bits per heavy atom. The van der Waals surface area contributed by atoms with E-state index in [9.17, 15) is 8.42 Å². The highest BCUT2D eigenvalue weighted by molar-refractivity contribution is 7.90. The Morgan fingerprint density at radius 2 is 1.41 bits per heavy atom. The van der Waals surface area contributed by atoms with Gasteiger partial charge in [-0.1, -0.05) is 18.2 Å². The van der Waals surface area contributed by atoms with Crippen LogP contribution in [0.15, 0.2) is 41.3 Å². The summed E-state index contributed by atoms with van der Waals surface area (Å²) in [5.74, 6) is 1.41. The SMILES string of the molecule is COc1cc(-c2ccccc2S(C)(=O)=O)cc(OC)c1OC. The molecular formula is C16H18O5S. The highest BCUT2D eigenvalue weighted by Crippen LogP contribution is 2.42. The first-order valence-electron chi connectivity index (χ1n) is 6.51. The second-order valence-electron chi connectivity index (χ2n) is 4.68. The lowest BCUT2D eigenvalue weighted by Gasteiger charge is -2.15. The first kappa shape index (κ1) is 16.2. The molecule has 0 spiro atoms. The van der Waals surface area contributed by atoms with Crippen molar-refractivity contribution < 1.29 is 22.6 Å². The van der Waals surface area contributed by atoms with E-state index in [0.717, 1.165) is 0 Å². The van der Waals surface area contributed by atoms with Crippen LogP contribution < -0.4 is 14.2 Å². The number of sulfone groups is 1. The zero-order valence-electron chi connectivity index (χ0n) is 12.9. The molecular weight excluding hydrogens is 304 g/mol. The summed E-state index contributed by atoms with van der Waals surface area (Å²) >= 11 is 0. The van der Waals surface area contributed by atoms with Gasteiger partial charge in [-0.05, 0) is 23.8 Å². The van der Waals surface area contributed by atoms with Crippen molar-refractivity contribution in [1.82, 2.24) is 0 Å². The Kier molecular flexibility index (Phi) is 4.61. The molecule has 0 radical (unpaired) electrons. The van der Waals surface area contributed by atoms with Crippen LogP contribution in [0.3, 0.4) is 0 Å². The summed E-state index contributed by atoms with van der Waals surface area (Å²) in [5, 5.41) is 0. The minimum atomic E-state index is -3.35. The molecule has 0 unspecified atom stereocenters. The molecule has 22 heavy (non-hydrogen) atoms. The van der Waals surface area contributed by atoms with Gasteiger partial charge in [0.25, 0.3) is 0 Å². The van der Waals surface area contributed by atoms with Crippen LogP contribution >= 0.6 is 0 Å². The number of hydrogen-bond donors (Lipinski definition) is 0. The van der Waals surface area contributed by atoms with Crippen molar-refractivity contribution in [1.29, 1.82) is 0 Å². The summed E-state index contributed by atoms with van der Waals surface area (Å²) in [6.45, 7) is 0. The van der Waals surface area contributed by atoms with E-state index < -0.39 is 9.84 Å². The van der Waals surface area contributed by atoms with Crippen molar-refractivity contribution in [3.8, 4) is 28.4 Å². The zero-order valence-corrected chi connectivity index (χ0v) is 13.7. The third kappa shape index (κ3) is 3.01. The molecule has 118 valence electrons. The monoisotopic (exact) mass is 322 g/mol. The van der Waals surface area contributed by atoms with Crippen LogP contribution in [0.2, 0.25) is 0 Å². The number of rotatable bonds is 5. The molecule has 0 saturated heterocycles. The second kappa shape index (κ2) is 6.27. The van der Waals surface area contributed by atoms with E-state index in [1.807, 2.05) is 0 Å². The Bertz CT molecular complexity index is 756. The third-order valence-corrected chi connectivity index (χ3v) is 4.42. The van der Waals surface area contributed by atoms with E-state index in [1.165, 1.54) is 27.6 Å².